The fourth-order valence-corrected chi connectivity index (χ4v) is 3.00. The van der Waals surface area contributed by atoms with Crippen LogP contribution in [0.15, 0.2) is 42.5 Å². The van der Waals surface area contributed by atoms with E-state index in [0.29, 0.717) is 15.8 Å². The number of carbonyl (C=O) groups excluding carboxylic acids is 2. The van der Waals surface area contributed by atoms with Crippen LogP contribution in [0.3, 0.4) is 0 Å². The number of halogens is 2. The summed E-state index contributed by atoms with van der Waals surface area (Å²) in [5, 5.41) is 3.40. The fourth-order valence-electron chi connectivity index (χ4n) is 2.68. The molecule has 0 heterocycles. The Hall–Kier alpha value is -2.24. The standard InChI is InChI=1S/C21H24Cl2N2O3/c1-4-15-5-8-17(9-6-15)28-13-20(26)25(14(2)21(27)24-3)12-16-7-10-18(22)19(23)11-16/h5-11,14H,4,12-13H2,1-3H3,(H,24,27)/t14-/m1/s1. The number of nitrogens with zero attached hydrogens (tertiary/aromatic N) is 1. The summed E-state index contributed by atoms with van der Waals surface area (Å²) in [4.78, 5) is 26.4. The van der Waals surface area contributed by atoms with Gasteiger partial charge in [0.25, 0.3) is 5.91 Å². The lowest BCUT2D eigenvalue weighted by Gasteiger charge is -2.28. The van der Waals surface area contributed by atoms with Crippen LogP contribution in [-0.2, 0) is 22.6 Å². The molecule has 0 aliphatic heterocycles. The van der Waals surface area contributed by atoms with Crippen LogP contribution >= 0.6 is 23.2 Å². The third kappa shape index (κ3) is 5.88. The van der Waals surface area contributed by atoms with Gasteiger partial charge in [0, 0.05) is 13.6 Å². The fraction of sp³-hybridized carbons (Fsp3) is 0.333. The number of aryl methyl sites for hydroxylation is 1. The van der Waals surface area contributed by atoms with Crippen molar-refractivity contribution in [1.82, 2.24) is 10.2 Å². The Morgan fingerprint density at radius 2 is 1.71 bits per heavy atom. The summed E-state index contributed by atoms with van der Waals surface area (Å²) in [6, 6.07) is 12.0. The number of hydrogen-bond donors (Lipinski definition) is 1. The van der Waals surface area contributed by atoms with E-state index in [0.717, 1.165) is 12.0 Å². The first-order valence-electron chi connectivity index (χ1n) is 9.02. The van der Waals surface area contributed by atoms with Gasteiger partial charge in [-0.15, -0.1) is 0 Å². The third-order valence-corrected chi connectivity index (χ3v) is 5.18. The summed E-state index contributed by atoms with van der Waals surface area (Å²) in [5.41, 5.74) is 1.96. The Balaban J connectivity index is 2.13. The molecular formula is C21H24Cl2N2O3. The largest absolute Gasteiger partial charge is 0.484 e. The lowest BCUT2D eigenvalue weighted by molar-refractivity contribution is -0.142. The molecule has 0 aromatic heterocycles. The van der Waals surface area contributed by atoms with Gasteiger partial charge in [-0.25, -0.2) is 0 Å². The summed E-state index contributed by atoms with van der Waals surface area (Å²) in [5.74, 6) is 0.0371. The second-order valence-electron chi connectivity index (χ2n) is 6.35. The normalized spacial score (nSPS) is 11.6. The van der Waals surface area contributed by atoms with Gasteiger partial charge < -0.3 is 15.0 Å². The molecule has 0 fully saturated rings. The lowest BCUT2D eigenvalue weighted by atomic mass is 10.1. The van der Waals surface area contributed by atoms with Crippen molar-refractivity contribution in [1.29, 1.82) is 0 Å². The molecule has 150 valence electrons. The monoisotopic (exact) mass is 422 g/mol. The number of rotatable bonds is 8. The van der Waals surface area contributed by atoms with Gasteiger partial charge in [-0.2, -0.15) is 0 Å². The van der Waals surface area contributed by atoms with E-state index < -0.39 is 6.04 Å². The molecule has 0 radical (unpaired) electrons. The van der Waals surface area contributed by atoms with Crippen LogP contribution in [0.4, 0.5) is 0 Å². The molecule has 0 unspecified atom stereocenters. The average molecular weight is 423 g/mol. The highest BCUT2D eigenvalue weighted by Crippen LogP contribution is 2.24. The van der Waals surface area contributed by atoms with E-state index in [-0.39, 0.29) is 25.0 Å². The molecule has 2 rings (SSSR count). The molecule has 1 atom stereocenters. The predicted molar refractivity (Wildman–Crippen MR) is 112 cm³/mol. The maximum Gasteiger partial charge on any atom is 0.261 e. The van der Waals surface area contributed by atoms with Crippen molar-refractivity contribution in [3.05, 3.63) is 63.6 Å². The van der Waals surface area contributed by atoms with E-state index >= 15 is 0 Å². The number of carbonyl (C=O) groups is 2. The van der Waals surface area contributed by atoms with Crippen LogP contribution in [0.5, 0.6) is 5.75 Å². The summed E-state index contributed by atoms with van der Waals surface area (Å²) >= 11 is 12.0. The number of ether oxygens (including phenoxy) is 1. The predicted octanol–water partition coefficient (Wildman–Crippen LogP) is 4.10. The number of nitrogens with one attached hydrogen (secondary N) is 1. The molecule has 1 N–H and O–H groups in total. The first-order chi connectivity index (χ1) is 13.3. The smallest absolute Gasteiger partial charge is 0.261 e. The van der Waals surface area contributed by atoms with Crippen LogP contribution in [0.2, 0.25) is 10.0 Å². The molecule has 0 spiro atoms. The Bertz CT molecular complexity index is 825. The van der Waals surface area contributed by atoms with Crippen molar-refractivity contribution >= 4 is 35.0 Å². The molecule has 2 aromatic carbocycles. The quantitative estimate of drug-likeness (QED) is 0.696. The van der Waals surface area contributed by atoms with E-state index in [1.54, 1.807) is 25.1 Å². The van der Waals surface area contributed by atoms with Crippen molar-refractivity contribution in [2.24, 2.45) is 0 Å². The highest BCUT2D eigenvalue weighted by Gasteiger charge is 2.26. The van der Waals surface area contributed by atoms with Gasteiger partial charge in [-0.05, 0) is 48.7 Å². The first-order valence-corrected chi connectivity index (χ1v) is 9.78. The van der Waals surface area contributed by atoms with E-state index in [9.17, 15) is 9.59 Å². The van der Waals surface area contributed by atoms with Gasteiger partial charge in [-0.3, -0.25) is 9.59 Å². The van der Waals surface area contributed by atoms with Crippen molar-refractivity contribution in [3.63, 3.8) is 0 Å². The molecule has 28 heavy (non-hydrogen) atoms. The molecular weight excluding hydrogens is 399 g/mol. The van der Waals surface area contributed by atoms with Crippen LogP contribution in [0.1, 0.15) is 25.0 Å². The third-order valence-electron chi connectivity index (χ3n) is 4.44. The van der Waals surface area contributed by atoms with Crippen LogP contribution < -0.4 is 10.1 Å². The zero-order valence-electron chi connectivity index (χ0n) is 16.2. The molecule has 0 saturated carbocycles. The van der Waals surface area contributed by atoms with Gasteiger partial charge in [-0.1, -0.05) is 48.3 Å². The minimum Gasteiger partial charge on any atom is -0.484 e. The van der Waals surface area contributed by atoms with E-state index in [1.807, 2.05) is 24.3 Å². The lowest BCUT2D eigenvalue weighted by Crippen LogP contribution is -2.48. The van der Waals surface area contributed by atoms with E-state index in [4.69, 9.17) is 27.9 Å². The summed E-state index contributed by atoms with van der Waals surface area (Å²) in [6.45, 7) is 3.78. The Kier molecular flexibility index (Phi) is 8.15. The maximum absolute atomic E-state index is 12.8. The Morgan fingerprint density at radius 1 is 1.07 bits per heavy atom. The summed E-state index contributed by atoms with van der Waals surface area (Å²) < 4.78 is 5.62. The average Bonchev–Trinajstić information content (AvgIpc) is 2.72. The summed E-state index contributed by atoms with van der Waals surface area (Å²) in [6.07, 6.45) is 0.931. The molecule has 0 aliphatic carbocycles. The second-order valence-corrected chi connectivity index (χ2v) is 7.16. The minimum absolute atomic E-state index is 0.172. The SMILES string of the molecule is CCc1ccc(OCC(=O)N(Cc2ccc(Cl)c(Cl)c2)[C@H](C)C(=O)NC)cc1. The Labute approximate surface area is 175 Å². The molecule has 0 aliphatic rings. The summed E-state index contributed by atoms with van der Waals surface area (Å²) in [7, 11) is 1.53. The van der Waals surface area contributed by atoms with Gasteiger partial charge >= 0.3 is 0 Å². The zero-order valence-corrected chi connectivity index (χ0v) is 17.7. The van der Waals surface area contributed by atoms with Gasteiger partial charge in [0.05, 0.1) is 10.0 Å². The highest BCUT2D eigenvalue weighted by molar-refractivity contribution is 6.42. The van der Waals surface area contributed by atoms with Crippen LogP contribution in [0.25, 0.3) is 0 Å². The van der Waals surface area contributed by atoms with Crippen molar-refractivity contribution in [3.8, 4) is 5.75 Å². The Morgan fingerprint density at radius 3 is 2.29 bits per heavy atom. The molecule has 7 heteroatoms. The highest BCUT2D eigenvalue weighted by atomic mass is 35.5. The van der Waals surface area contributed by atoms with Crippen molar-refractivity contribution < 1.29 is 14.3 Å². The van der Waals surface area contributed by atoms with Gasteiger partial charge in [0.15, 0.2) is 6.61 Å². The van der Waals surface area contributed by atoms with E-state index in [1.165, 1.54) is 17.5 Å². The second kappa shape index (κ2) is 10.3. The van der Waals surface area contributed by atoms with Crippen LogP contribution in [-0.4, -0.2) is 36.4 Å². The zero-order chi connectivity index (χ0) is 20.7. The minimum atomic E-state index is -0.668. The first kappa shape index (κ1) is 22.1. The number of benzene rings is 2. The van der Waals surface area contributed by atoms with Crippen molar-refractivity contribution in [2.45, 2.75) is 32.9 Å². The molecule has 2 amide bonds. The molecule has 0 bridgehead atoms. The number of amides is 2. The maximum atomic E-state index is 12.8. The van der Waals surface area contributed by atoms with E-state index in [2.05, 4.69) is 12.2 Å². The number of hydrogen-bond acceptors (Lipinski definition) is 3. The molecule has 0 saturated heterocycles. The molecule has 2 aromatic rings. The topological polar surface area (TPSA) is 58.6 Å². The molecule has 5 nitrogen and oxygen atoms in total. The van der Waals surface area contributed by atoms with Crippen molar-refractivity contribution in [2.75, 3.05) is 13.7 Å². The van der Waals surface area contributed by atoms with Gasteiger partial charge in [0.2, 0.25) is 5.91 Å². The number of likely N-dealkylation sites (N-methyl/N-ethyl adjacent to an activating group) is 1. The van der Waals surface area contributed by atoms with Crippen LogP contribution in [0, 0.1) is 0 Å². The van der Waals surface area contributed by atoms with Gasteiger partial charge in [0.1, 0.15) is 11.8 Å².